The Morgan fingerprint density at radius 2 is 1.67 bits per heavy atom. The Bertz CT molecular complexity index is 453. The quantitative estimate of drug-likeness (QED) is 0.815. The molecule has 1 heterocycles. The van der Waals surface area contributed by atoms with E-state index < -0.39 is 0 Å². The molecule has 0 spiro atoms. The van der Waals surface area contributed by atoms with Crippen LogP contribution in [0.25, 0.3) is 0 Å². The fourth-order valence-electron chi connectivity index (χ4n) is 3.41. The predicted molar refractivity (Wildman–Crippen MR) is 91.8 cm³/mol. The first-order valence-electron chi connectivity index (χ1n) is 8.49. The standard InChI is InChI=1S/C19H32N2/c1-14(2)18-8-7-9-19(12-18)17(6)21-11-10-20(15(3)4)13-16(21)5/h7-9,12,14-17H,10-11,13H2,1-6H3/t16-,17?/m1/s1. The first-order valence-corrected chi connectivity index (χ1v) is 8.49. The van der Waals surface area contributed by atoms with Crippen LogP contribution in [0, 0.1) is 0 Å². The summed E-state index contributed by atoms with van der Waals surface area (Å²) in [7, 11) is 0. The normalized spacial score (nSPS) is 23.0. The van der Waals surface area contributed by atoms with Gasteiger partial charge >= 0.3 is 0 Å². The third-order valence-electron chi connectivity index (χ3n) is 5.00. The van der Waals surface area contributed by atoms with Gasteiger partial charge in [0.2, 0.25) is 0 Å². The van der Waals surface area contributed by atoms with Gasteiger partial charge in [0.1, 0.15) is 0 Å². The molecule has 21 heavy (non-hydrogen) atoms. The Labute approximate surface area is 131 Å². The number of rotatable bonds is 4. The van der Waals surface area contributed by atoms with Crippen molar-refractivity contribution in [1.82, 2.24) is 9.80 Å². The number of piperazine rings is 1. The average Bonchev–Trinajstić information content (AvgIpc) is 2.46. The molecule has 2 heteroatoms. The van der Waals surface area contributed by atoms with Crippen LogP contribution in [0.3, 0.4) is 0 Å². The Hall–Kier alpha value is -0.860. The Balaban J connectivity index is 2.10. The maximum Gasteiger partial charge on any atom is 0.0323 e. The zero-order valence-corrected chi connectivity index (χ0v) is 14.6. The zero-order valence-electron chi connectivity index (χ0n) is 14.6. The van der Waals surface area contributed by atoms with E-state index in [0.29, 0.717) is 24.0 Å². The van der Waals surface area contributed by atoms with E-state index in [-0.39, 0.29) is 0 Å². The molecular formula is C19H32N2. The van der Waals surface area contributed by atoms with Crippen molar-refractivity contribution < 1.29 is 0 Å². The van der Waals surface area contributed by atoms with Crippen LogP contribution >= 0.6 is 0 Å². The molecule has 1 aliphatic rings. The molecule has 0 bridgehead atoms. The van der Waals surface area contributed by atoms with E-state index in [2.05, 4.69) is 75.6 Å². The van der Waals surface area contributed by atoms with E-state index in [9.17, 15) is 0 Å². The molecule has 2 atom stereocenters. The summed E-state index contributed by atoms with van der Waals surface area (Å²) in [5.74, 6) is 0.604. The highest BCUT2D eigenvalue weighted by Gasteiger charge is 2.28. The topological polar surface area (TPSA) is 6.48 Å². The smallest absolute Gasteiger partial charge is 0.0323 e. The van der Waals surface area contributed by atoms with Crippen LogP contribution in [0.2, 0.25) is 0 Å². The number of hydrogen-bond donors (Lipinski definition) is 0. The summed E-state index contributed by atoms with van der Waals surface area (Å²) in [4.78, 5) is 5.26. The summed E-state index contributed by atoms with van der Waals surface area (Å²) < 4.78 is 0. The maximum atomic E-state index is 2.66. The van der Waals surface area contributed by atoms with Crippen molar-refractivity contribution in [3.63, 3.8) is 0 Å². The van der Waals surface area contributed by atoms with E-state index in [1.165, 1.54) is 30.8 Å². The van der Waals surface area contributed by atoms with Gasteiger partial charge in [0, 0.05) is 37.8 Å². The lowest BCUT2D eigenvalue weighted by Crippen LogP contribution is -2.54. The monoisotopic (exact) mass is 288 g/mol. The van der Waals surface area contributed by atoms with Gasteiger partial charge in [-0.1, -0.05) is 38.1 Å². The SMILES string of the molecule is CC(C)c1cccc(C(C)N2CCN(C(C)C)C[C@H]2C)c1. The molecule has 0 aromatic heterocycles. The molecule has 1 aromatic rings. The van der Waals surface area contributed by atoms with E-state index >= 15 is 0 Å². The molecule has 0 amide bonds. The fourth-order valence-corrected chi connectivity index (χ4v) is 3.41. The summed E-state index contributed by atoms with van der Waals surface area (Å²) in [6.45, 7) is 17.4. The molecule has 118 valence electrons. The van der Waals surface area contributed by atoms with Crippen LogP contribution in [-0.2, 0) is 0 Å². The summed E-state index contributed by atoms with van der Waals surface area (Å²) in [5, 5.41) is 0. The number of hydrogen-bond acceptors (Lipinski definition) is 2. The van der Waals surface area contributed by atoms with Crippen molar-refractivity contribution in [3.05, 3.63) is 35.4 Å². The Kier molecular flexibility index (Phi) is 5.45. The van der Waals surface area contributed by atoms with Crippen LogP contribution in [0.4, 0.5) is 0 Å². The van der Waals surface area contributed by atoms with Crippen molar-refractivity contribution in [2.45, 2.75) is 65.6 Å². The molecule has 2 nitrogen and oxygen atoms in total. The van der Waals surface area contributed by atoms with Crippen molar-refractivity contribution in [1.29, 1.82) is 0 Å². The van der Waals surface area contributed by atoms with E-state index in [1.807, 2.05) is 0 Å². The molecule has 0 aliphatic carbocycles. The predicted octanol–water partition coefficient (Wildman–Crippen LogP) is 4.29. The van der Waals surface area contributed by atoms with Crippen LogP contribution in [0.15, 0.2) is 24.3 Å². The van der Waals surface area contributed by atoms with Gasteiger partial charge in [0.25, 0.3) is 0 Å². The Morgan fingerprint density at radius 1 is 1.00 bits per heavy atom. The third-order valence-corrected chi connectivity index (χ3v) is 5.00. The van der Waals surface area contributed by atoms with Gasteiger partial charge in [-0.05, 0) is 44.7 Å². The molecule has 2 rings (SSSR count). The van der Waals surface area contributed by atoms with Crippen molar-refractivity contribution >= 4 is 0 Å². The number of nitrogens with zero attached hydrogens (tertiary/aromatic N) is 2. The highest BCUT2D eigenvalue weighted by molar-refractivity contribution is 5.28. The lowest BCUT2D eigenvalue weighted by molar-refractivity contribution is 0.0393. The lowest BCUT2D eigenvalue weighted by Gasteiger charge is -2.44. The molecule has 1 unspecified atom stereocenters. The van der Waals surface area contributed by atoms with Crippen molar-refractivity contribution in [2.24, 2.45) is 0 Å². The molecule has 1 fully saturated rings. The minimum absolute atomic E-state index is 0.507. The van der Waals surface area contributed by atoms with Gasteiger partial charge in [-0.2, -0.15) is 0 Å². The summed E-state index contributed by atoms with van der Waals surface area (Å²) >= 11 is 0. The molecule has 0 saturated carbocycles. The molecule has 1 aromatic carbocycles. The first-order chi connectivity index (χ1) is 9.90. The van der Waals surface area contributed by atoms with Crippen LogP contribution in [-0.4, -0.2) is 41.5 Å². The second-order valence-electron chi connectivity index (χ2n) is 7.18. The van der Waals surface area contributed by atoms with Gasteiger partial charge in [-0.3, -0.25) is 9.80 Å². The maximum absolute atomic E-state index is 2.66. The van der Waals surface area contributed by atoms with Gasteiger partial charge in [0.05, 0.1) is 0 Å². The van der Waals surface area contributed by atoms with E-state index in [1.54, 1.807) is 0 Å². The molecular weight excluding hydrogens is 256 g/mol. The lowest BCUT2D eigenvalue weighted by atomic mass is 9.96. The van der Waals surface area contributed by atoms with Gasteiger partial charge in [-0.15, -0.1) is 0 Å². The molecule has 1 aliphatic heterocycles. The summed E-state index contributed by atoms with van der Waals surface area (Å²) in [6.07, 6.45) is 0. The van der Waals surface area contributed by atoms with Gasteiger partial charge < -0.3 is 0 Å². The highest BCUT2D eigenvalue weighted by atomic mass is 15.3. The average molecular weight is 288 g/mol. The molecule has 0 radical (unpaired) electrons. The largest absolute Gasteiger partial charge is 0.298 e. The molecule has 0 N–H and O–H groups in total. The zero-order chi connectivity index (χ0) is 15.6. The van der Waals surface area contributed by atoms with E-state index in [4.69, 9.17) is 0 Å². The summed E-state index contributed by atoms with van der Waals surface area (Å²) in [5.41, 5.74) is 2.92. The van der Waals surface area contributed by atoms with Crippen molar-refractivity contribution in [2.75, 3.05) is 19.6 Å². The highest BCUT2D eigenvalue weighted by Crippen LogP contribution is 2.27. The Morgan fingerprint density at radius 3 is 2.24 bits per heavy atom. The minimum Gasteiger partial charge on any atom is -0.298 e. The summed E-state index contributed by atoms with van der Waals surface area (Å²) in [6, 6.07) is 11.0. The van der Waals surface area contributed by atoms with Gasteiger partial charge in [0.15, 0.2) is 0 Å². The first kappa shape index (κ1) is 16.5. The van der Waals surface area contributed by atoms with Crippen molar-refractivity contribution in [3.8, 4) is 0 Å². The van der Waals surface area contributed by atoms with Gasteiger partial charge in [-0.25, -0.2) is 0 Å². The van der Waals surface area contributed by atoms with Crippen LogP contribution in [0.1, 0.15) is 64.6 Å². The second-order valence-corrected chi connectivity index (χ2v) is 7.18. The van der Waals surface area contributed by atoms with Crippen LogP contribution < -0.4 is 0 Å². The molecule has 1 saturated heterocycles. The second kappa shape index (κ2) is 6.93. The van der Waals surface area contributed by atoms with E-state index in [0.717, 1.165) is 0 Å². The minimum atomic E-state index is 0.507. The fraction of sp³-hybridized carbons (Fsp3) is 0.684. The van der Waals surface area contributed by atoms with Crippen LogP contribution in [0.5, 0.6) is 0 Å². The third kappa shape index (κ3) is 3.87. The number of benzene rings is 1.